The summed E-state index contributed by atoms with van der Waals surface area (Å²) in [5.41, 5.74) is 3.71. The molecule has 3 aromatic rings. The minimum atomic E-state index is 0.187. The van der Waals surface area contributed by atoms with E-state index >= 15 is 0 Å². The number of hydrogen-bond donors (Lipinski definition) is 1. The molecular weight excluding hydrogens is 352 g/mol. The van der Waals surface area contributed by atoms with Crippen LogP contribution in [-0.4, -0.2) is 46.2 Å². The number of ether oxygens (including phenoxy) is 1. The van der Waals surface area contributed by atoms with Gasteiger partial charge in [0.05, 0.1) is 13.2 Å². The number of nitrogens with one attached hydrogen (secondary N) is 1. The summed E-state index contributed by atoms with van der Waals surface area (Å²) in [6.45, 7) is 5.53. The number of aryl methyl sites for hydroxylation is 1. The largest absolute Gasteiger partial charge is 0.378 e. The van der Waals surface area contributed by atoms with E-state index in [1.165, 1.54) is 11.9 Å². The SMILES string of the molecule is Cc1ccc(CNc2ncnc3c(N4CCOCC4)nc(Cl)nc23)cc1. The summed E-state index contributed by atoms with van der Waals surface area (Å²) < 4.78 is 5.42. The molecule has 0 radical (unpaired) electrons. The van der Waals surface area contributed by atoms with Crippen molar-refractivity contribution in [2.45, 2.75) is 13.5 Å². The number of benzene rings is 1. The van der Waals surface area contributed by atoms with Crippen LogP contribution in [0.1, 0.15) is 11.1 Å². The van der Waals surface area contributed by atoms with Crippen molar-refractivity contribution < 1.29 is 4.74 Å². The summed E-state index contributed by atoms with van der Waals surface area (Å²) >= 11 is 6.19. The van der Waals surface area contributed by atoms with Crippen LogP contribution < -0.4 is 10.2 Å². The van der Waals surface area contributed by atoms with E-state index in [1.54, 1.807) is 0 Å². The third kappa shape index (κ3) is 3.54. The molecule has 1 aliphatic heterocycles. The van der Waals surface area contributed by atoms with Gasteiger partial charge in [0.2, 0.25) is 5.28 Å². The molecule has 0 unspecified atom stereocenters. The van der Waals surface area contributed by atoms with Gasteiger partial charge in [0.1, 0.15) is 17.4 Å². The second kappa shape index (κ2) is 7.39. The fraction of sp³-hybridized carbons (Fsp3) is 0.333. The van der Waals surface area contributed by atoms with Gasteiger partial charge in [0.15, 0.2) is 11.6 Å². The molecule has 134 valence electrons. The van der Waals surface area contributed by atoms with E-state index in [2.05, 4.69) is 61.3 Å². The Morgan fingerprint density at radius 2 is 1.85 bits per heavy atom. The summed E-state index contributed by atoms with van der Waals surface area (Å²) in [4.78, 5) is 19.6. The van der Waals surface area contributed by atoms with E-state index in [-0.39, 0.29) is 5.28 Å². The molecule has 1 aromatic carbocycles. The van der Waals surface area contributed by atoms with E-state index in [1.807, 2.05) is 0 Å². The van der Waals surface area contributed by atoms with Crippen LogP contribution in [-0.2, 0) is 11.3 Å². The van der Waals surface area contributed by atoms with E-state index in [0.29, 0.717) is 36.6 Å². The average Bonchev–Trinajstić information content (AvgIpc) is 2.68. The second-order valence-electron chi connectivity index (χ2n) is 6.17. The fourth-order valence-electron chi connectivity index (χ4n) is 2.92. The second-order valence-corrected chi connectivity index (χ2v) is 6.51. The first-order valence-electron chi connectivity index (χ1n) is 8.51. The van der Waals surface area contributed by atoms with Crippen molar-refractivity contribution in [2.75, 3.05) is 36.5 Å². The molecule has 1 N–H and O–H groups in total. The standard InChI is InChI=1S/C18H19ClN6O/c1-12-2-4-13(5-3-12)10-20-16-14-15(21-11-22-16)17(24-18(19)23-14)25-6-8-26-9-7-25/h2-5,11H,6-10H2,1H3,(H,20,21,22). The molecule has 8 heteroatoms. The zero-order valence-electron chi connectivity index (χ0n) is 14.4. The van der Waals surface area contributed by atoms with Crippen molar-refractivity contribution in [1.29, 1.82) is 0 Å². The molecule has 3 heterocycles. The van der Waals surface area contributed by atoms with Crippen molar-refractivity contribution in [3.8, 4) is 0 Å². The predicted molar refractivity (Wildman–Crippen MR) is 102 cm³/mol. The Morgan fingerprint density at radius 3 is 2.62 bits per heavy atom. The van der Waals surface area contributed by atoms with E-state index in [9.17, 15) is 0 Å². The van der Waals surface area contributed by atoms with Gasteiger partial charge in [-0.3, -0.25) is 0 Å². The van der Waals surface area contributed by atoms with E-state index < -0.39 is 0 Å². The van der Waals surface area contributed by atoms with Crippen LogP contribution in [0.5, 0.6) is 0 Å². The van der Waals surface area contributed by atoms with Crippen LogP contribution in [0.15, 0.2) is 30.6 Å². The highest BCUT2D eigenvalue weighted by atomic mass is 35.5. The topological polar surface area (TPSA) is 76.1 Å². The van der Waals surface area contributed by atoms with Gasteiger partial charge >= 0.3 is 0 Å². The van der Waals surface area contributed by atoms with E-state index in [0.717, 1.165) is 24.5 Å². The van der Waals surface area contributed by atoms with Crippen LogP contribution in [0.4, 0.5) is 11.6 Å². The molecule has 0 spiro atoms. The maximum atomic E-state index is 6.19. The van der Waals surface area contributed by atoms with Crippen molar-refractivity contribution in [3.63, 3.8) is 0 Å². The molecule has 2 aromatic heterocycles. The predicted octanol–water partition coefficient (Wildman–Crippen LogP) is 2.83. The normalized spacial score (nSPS) is 14.6. The van der Waals surface area contributed by atoms with Crippen molar-refractivity contribution in [3.05, 3.63) is 47.0 Å². The van der Waals surface area contributed by atoms with Crippen LogP contribution in [0, 0.1) is 6.92 Å². The molecule has 0 atom stereocenters. The fourth-order valence-corrected chi connectivity index (χ4v) is 3.09. The van der Waals surface area contributed by atoms with Gasteiger partial charge in [-0.25, -0.2) is 15.0 Å². The number of fused-ring (bicyclic) bond motifs is 1. The van der Waals surface area contributed by atoms with Crippen LogP contribution >= 0.6 is 11.6 Å². The Bertz CT molecular complexity index is 911. The first kappa shape index (κ1) is 16.9. The van der Waals surface area contributed by atoms with Gasteiger partial charge in [-0.05, 0) is 24.1 Å². The first-order valence-corrected chi connectivity index (χ1v) is 8.89. The molecular formula is C18H19ClN6O. The quantitative estimate of drug-likeness (QED) is 0.707. The smallest absolute Gasteiger partial charge is 0.225 e. The highest BCUT2D eigenvalue weighted by molar-refractivity contribution is 6.29. The Hall–Kier alpha value is -2.51. The van der Waals surface area contributed by atoms with Crippen molar-refractivity contribution in [1.82, 2.24) is 19.9 Å². The third-order valence-electron chi connectivity index (χ3n) is 4.33. The number of morpholine rings is 1. The average molecular weight is 371 g/mol. The molecule has 7 nitrogen and oxygen atoms in total. The summed E-state index contributed by atoms with van der Waals surface area (Å²) in [7, 11) is 0. The van der Waals surface area contributed by atoms with Crippen molar-refractivity contribution in [2.24, 2.45) is 0 Å². The molecule has 4 rings (SSSR count). The van der Waals surface area contributed by atoms with Gasteiger partial charge in [-0.1, -0.05) is 29.8 Å². The summed E-state index contributed by atoms with van der Waals surface area (Å²) in [6.07, 6.45) is 1.53. The number of hydrogen-bond acceptors (Lipinski definition) is 7. The molecule has 0 amide bonds. The number of rotatable bonds is 4. The molecule has 26 heavy (non-hydrogen) atoms. The number of halogens is 1. The Morgan fingerprint density at radius 1 is 1.08 bits per heavy atom. The molecule has 1 fully saturated rings. The summed E-state index contributed by atoms with van der Waals surface area (Å²) in [5.74, 6) is 1.37. The Kier molecular flexibility index (Phi) is 4.81. The number of anilines is 2. The van der Waals surface area contributed by atoms with Gasteiger partial charge in [-0.2, -0.15) is 4.98 Å². The lowest BCUT2D eigenvalue weighted by molar-refractivity contribution is 0.122. The zero-order valence-corrected chi connectivity index (χ0v) is 15.2. The van der Waals surface area contributed by atoms with Gasteiger partial charge < -0.3 is 15.0 Å². The minimum absolute atomic E-state index is 0.187. The lowest BCUT2D eigenvalue weighted by atomic mass is 10.1. The van der Waals surface area contributed by atoms with Gasteiger partial charge in [0, 0.05) is 19.6 Å². The number of aromatic nitrogens is 4. The molecule has 0 saturated carbocycles. The first-order chi connectivity index (χ1) is 12.7. The van der Waals surface area contributed by atoms with Crippen molar-refractivity contribution >= 4 is 34.3 Å². The summed E-state index contributed by atoms with van der Waals surface area (Å²) in [6, 6.07) is 8.36. The number of nitrogens with zero attached hydrogens (tertiary/aromatic N) is 5. The Balaban J connectivity index is 1.67. The highest BCUT2D eigenvalue weighted by Gasteiger charge is 2.19. The molecule has 1 aliphatic rings. The molecule has 0 bridgehead atoms. The van der Waals surface area contributed by atoms with Crippen LogP contribution in [0.2, 0.25) is 5.28 Å². The lowest BCUT2D eigenvalue weighted by Gasteiger charge is -2.28. The maximum absolute atomic E-state index is 6.19. The third-order valence-corrected chi connectivity index (χ3v) is 4.50. The Labute approximate surface area is 156 Å². The van der Waals surface area contributed by atoms with Gasteiger partial charge in [-0.15, -0.1) is 0 Å². The van der Waals surface area contributed by atoms with Gasteiger partial charge in [0.25, 0.3) is 0 Å². The monoisotopic (exact) mass is 370 g/mol. The maximum Gasteiger partial charge on any atom is 0.225 e. The zero-order chi connectivity index (χ0) is 17.9. The molecule has 1 saturated heterocycles. The van der Waals surface area contributed by atoms with Crippen LogP contribution in [0.25, 0.3) is 11.0 Å². The van der Waals surface area contributed by atoms with E-state index in [4.69, 9.17) is 16.3 Å². The summed E-state index contributed by atoms with van der Waals surface area (Å²) in [5, 5.41) is 3.52. The van der Waals surface area contributed by atoms with Crippen LogP contribution in [0.3, 0.4) is 0 Å². The molecule has 0 aliphatic carbocycles. The highest BCUT2D eigenvalue weighted by Crippen LogP contribution is 2.27. The lowest BCUT2D eigenvalue weighted by Crippen LogP contribution is -2.37. The minimum Gasteiger partial charge on any atom is -0.378 e.